The lowest BCUT2D eigenvalue weighted by molar-refractivity contribution is -0.145. The van der Waals surface area contributed by atoms with E-state index in [1.165, 1.54) is 45.8 Å². The fourth-order valence-electron chi connectivity index (χ4n) is 4.82. The Morgan fingerprint density at radius 2 is 1.57 bits per heavy atom. The van der Waals surface area contributed by atoms with Gasteiger partial charge in [0.2, 0.25) is 5.82 Å². The first kappa shape index (κ1) is 35.6. The Kier molecular flexibility index (Phi) is 16.6. The second-order valence-electron chi connectivity index (χ2n) is 11.5. The second-order valence-corrected chi connectivity index (χ2v) is 13.2. The van der Waals surface area contributed by atoms with Gasteiger partial charge >= 0.3 is 11.7 Å². The predicted molar refractivity (Wildman–Crippen MR) is 175 cm³/mol. The average Bonchev–Trinajstić information content (AvgIpc) is 2.96. The summed E-state index contributed by atoms with van der Waals surface area (Å²) in [5, 5.41) is 7.69. The minimum absolute atomic E-state index is 0.210. The summed E-state index contributed by atoms with van der Waals surface area (Å²) in [5.41, 5.74) is 0.604. The molecule has 0 atom stereocenters. The smallest absolute Gasteiger partial charge is 0.347 e. The van der Waals surface area contributed by atoms with Crippen molar-refractivity contribution in [2.75, 3.05) is 18.5 Å². The van der Waals surface area contributed by atoms with Gasteiger partial charge in [0.05, 0.1) is 6.61 Å². The van der Waals surface area contributed by atoms with Gasteiger partial charge in [-0.3, -0.25) is 14.2 Å². The summed E-state index contributed by atoms with van der Waals surface area (Å²) < 4.78 is 7.44. The molecule has 0 unspecified atom stereocenters. The summed E-state index contributed by atoms with van der Waals surface area (Å²) in [4.78, 5) is 39.6. The third kappa shape index (κ3) is 12.4. The van der Waals surface area contributed by atoms with Crippen molar-refractivity contribution in [1.82, 2.24) is 14.3 Å². The molecule has 0 amide bonds. The van der Waals surface area contributed by atoms with E-state index in [0.717, 1.165) is 69.1 Å². The van der Waals surface area contributed by atoms with Gasteiger partial charge in [-0.15, -0.1) is 16.9 Å². The number of nitrogens with zero attached hydrogens (tertiary/aromatic N) is 3. The van der Waals surface area contributed by atoms with Crippen LogP contribution in [0.15, 0.2) is 38.8 Å². The molecule has 0 spiro atoms. The quantitative estimate of drug-likeness (QED) is 0.0864. The van der Waals surface area contributed by atoms with Crippen molar-refractivity contribution in [3.63, 3.8) is 0 Å². The number of ether oxygens (including phenoxy) is 1. The van der Waals surface area contributed by atoms with E-state index in [0.29, 0.717) is 26.2 Å². The molecule has 1 aromatic carbocycles. The van der Waals surface area contributed by atoms with Gasteiger partial charge in [-0.25, -0.2) is 9.48 Å². The molecule has 0 aliphatic rings. The second kappa shape index (κ2) is 19.6. The highest BCUT2D eigenvalue weighted by atomic mass is 32.2. The third-order valence-electron chi connectivity index (χ3n) is 7.30. The number of benzene rings is 1. The minimum Gasteiger partial charge on any atom is -0.465 e. The van der Waals surface area contributed by atoms with E-state index in [-0.39, 0.29) is 23.0 Å². The maximum absolute atomic E-state index is 13.2. The van der Waals surface area contributed by atoms with Crippen LogP contribution in [0.1, 0.15) is 117 Å². The number of carbonyl (C=O) groups is 1. The van der Waals surface area contributed by atoms with Crippen LogP contribution in [0.25, 0.3) is 0 Å². The molecule has 1 N–H and O–H groups in total. The van der Waals surface area contributed by atoms with Gasteiger partial charge in [-0.05, 0) is 70.6 Å². The largest absolute Gasteiger partial charge is 0.465 e. The zero-order chi connectivity index (χ0) is 30.8. The lowest BCUT2D eigenvalue weighted by atomic mass is 10.1. The zero-order valence-electron chi connectivity index (χ0n) is 26.7. The Bertz CT molecular complexity index is 1190. The number of esters is 1. The van der Waals surface area contributed by atoms with Gasteiger partial charge < -0.3 is 10.1 Å². The van der Waals surface area contributed by atoms with Gasteiger partial charge in [0.1, 0.15) is 4.75 Å². The van der Waals surface area contributed by atoms with Crippen LogP contribution in [-0.2, 0) is 29.0 Å². The number of carbonyl (C=O) groups excluding carboxylic acids is 1. The third-order valence-corrected chi connectivity index (χ3v) is 8.47. The van der Waals surface area contributed by atoms with Crippen molar-refractivity contribution in [3.8, 4) is 0 Å². The summed E-state index contributed by atoms with van der Waals surface area (Å²) in [6, 6.07) is 8.29. The maximum Gasteiger partial charge on any atom is 0.347 e. The molecule has 1 heterocycles. The first-order valence-electron chi connectivity index (χ1n) is 16.1. The molecular formula is C33H54N4O4S. The first-order chi connectivity index (χ1) is 20.2. The normalized spacial score (nSPS) is 11.5. The number of rotatable bonds is 22. The van der Waals surface area contributed by atoms with Crippen LogP contribution in [0.2, 0.25) is 0 Å². The number of aromatic nitrogens is 3. The molecule has 0 bridgehead atoms. The van der Waals surface area contributed by atoms with Gasteiger partial charge in [0, 0.05) is 24.5 Å². The number of thioether (sulfide) groups is 1. The number of hydrogen-bond acceptors (Lipinski definition) is 7. The molecule has 42 heavy (non-hydrogen) atoms. The van der Waals surface area contributed by atoms with E-state index >= 15 is 0 Å². The molecular weight excluding hydrogens is 548 g/mol. The summed E-state index contributed by atoms with van der Waals surface area (Å²) in [7, 11) is 0. The molecule has 0 aliphatic heterocycles. The monoisotopic (exact) mass is 602 g/mol. The Balaban J connectivity index is 1.98. The Morgan fingerprint density at radius 3 is 2.24 bits per heavy atom. The van der Waals surface area contributed by atoms with Crippen LogP contribution in [0.5, 0.6) is 0 Å². The minimum atomic E-state index is -0.653. The van der Waals surface area contributed by atoms with E-state index in [1.807, 2.05) is 32.9 Å². The van der Waals surface area contributed by atoms with Crippen molar-refractivity contribution < 1.29 is 9.53 Å². The van der Waals surface area contributed by atoms with Crippen LogP contribution < -0.4 is 16.6 Å². The molecule has 1 aromatic heterocycles. The SMILES string of the molecule is CCCCCCCn1nc(NCCCCc2cccc(SC(C)(C)C(=O)OCC)c2)c(=O)n(CCCCCCC)c1=O. The van der Waals surface area contributed by atoms with Gasteiger partial charge in [-0.2, -0.15) is 0 Å². The lowest BCUT2D eigenvalue weighted by Crippen LogP contribution is -2.43. The molecule has 0 aliphatic carbocycles. The molecule has 9 heteroatoms. The van der Waals surface area contributed by atoms with E-state index in [2.05, 4.69) is 36.4 Å². The Labute approximate surface area is 257 Å². The summed E-state index contributed by atoms with van der Waals surface area (Å²) in [6.07, 6.45) is 13.4. The molecule has 0 radical (unpaired) electrons. The Morgan fingerprint density at radius 1 is 0.905 bits per heavy atom. The predicted octanol–water partition coefficient (Wildman–Crippen LogP) is 7.21. The highest BCUT2D eigenvalue weighted by Crippen LogP contribution is 2.34. The van der Waals surface area contributed by atoms with Crippen LogP contribution in [0.4, 0.5) is 5.82 Å². The number of nitrogens with one attached hydrogen (secondary N) is 1. The van der Waals surface area contributed by atoms with Crippen molar-refractivity contribution in [3.05, 3.63) is 50.7 Å². The van der Waals surface area contributed by atoms with Gasteiger partial charge in [-0.1, -0.05) is 77.3 Å². The van der Waals surface area contributed by atoms with E-state index in [9.17, 15) is 14.4 Å². The fourth-order valence-corrected chi connectivity index (χ4v) is 5.91. The molecule has 236 valence electrons. The molecule has 0 saturated carbocycles. The van der Waals surface area contributed by atoms with Crippen LogP contribution in [-0.4, -0.2) is 38.2 Å². The Hall–Kier alpha value is -2.55. The molecule has 8 nitrogen and oxygen atoms in total. The van der Waals surface area contributed by atoms with Crippen molar-refractivity contribution in [2.24, 2.45) is 0 Å². The summed E-state index contributed by atoms with van der Waals surface area (Å²) >= 11 is 1.51. The zero-order valence-corrected chi connectivity index (χ0v) is 27.5. The van der Waals surface area contributed by atoms with Gasteiger partial charge in [0.25, 0.3) is 5.56 Å². The number of hydrogen-bond donors (Lipinski definition) is 1. The van der Waals surface area contributed by atoms with E-state index in [1.54, 1.807) is 0 Å². The summed E-state index contributed by atoms with van der Waals surface area (Å²) in [6.45, 7) is 11.9. The van der Waals surface area contributed by atoms with Crippen LogP contribution >= 0.6 is 11.8 Å². The van der Waals surface area contributed by atoms with Crippen molar-refractivity contribution in [2.45, 2.75) is 141 Å². The maximum atomic E-state index is 13.2. The highest BCUT2D eigenvalue weighted by Gasteiger charge is 2.30. The fraction of sp³-hybridized carbons (Fsp3) is 0.697. The standard InChI is InChI=1S/C33H54N4O4S/c1-6-9-11-13-17-24-36-30(38)29(35-37(32(36)40)25-18-14-12-10-7-2)34-23-16-15-20-27-21-19-22-28(26-27)42-33(4,5)31(39)41-8-3/h19,21-22,26H,6-18,20,23-25H2,1-5H3,(H,34,35). The van der Waals surface area contributed by atoms with E-state index in [4.69, 9.17) is 4.74 Å². The van der Waals surface area contributed by atoms with Crippen LogP contribution in [0, 0.1) is 0 Å². The lowest BCUT2D eigenvalue weighted by Gasteiger charge is -2.21. The van der Waals surface area contributed by atoms with Crippen molar-refractivity contribution in [1.29, 1.82) is 0 Å². The topological polar surface area (TPSA) is 95.2 Å². The number of unbranched alkanes of at least 4 members (excludes halogenated alkanes) is 9. The molecule has 2 aromatic rings. The summed E-state index contributed by atoms with van der Waals surface area (Å²) in [5.74, 6) is 0.0646. The molecule has 2 rings (SSSR count). The molecule has 0 saturated heterocycles. The number of anilines is 1. The highest BCUT2D eigenvalue weighted by molar-refractivity contribution is 8.01. The first-order valence-corrected chi connectivity index (χ1v) is 17.0. The average molecular weight is 603 g/mol. The van der Waals surface area contributed by atoms with E-state index < -0.39 is 4.75 Å². The van der Waals surface area contributed by atoms with Crippen molar-refractivity contribution >= 4 is 23.5 Å². The van der Waals surface area contributed by atoms with Gasteiger partial charge in [0.15, 0.2) is 0 Å². The molecule has 0 fully saturated rings. The number of aryl methyl sites for hydroxylation is 2. The van der Waals surface area contributed by atoms with Crippen LogP contribution in [0.3, 0.4) is 0 Å².